The third kappa shape index (κ3) is 2.74. The van der Waals surface area contributed by atoms with Crippen molar-refractivity contribution in [3.8, 4) is 5.75 Å². The molecule has 0 aliphatic rings. The molecule has 0 fully saturated rings. The van der Waals surface area contributed by atoms with Crippen molar-refractivity contribution < 1.29 is 9.84 Å². The van der Waals surface area contributed by atoms with Crippen molar-refractivity contribution in [2.45, 2.75) is 33.5 Å². The van der Waals surface area contributed by atoms with Crippen LogP contribution in [0.1, 0.15) is 25.0 Å². The number of aliphatic hydroxyl groups excluding tert-OH is 1. The molecule has 1 N–H and O–H groups in total. The highest BCUT2D eigenvalue weighted by Crippen LogP contribution is 2.20. The third-order valence-corrected chi connectivity index (χ3v) is 1.75. The zero-order chi connectivity index (χ0) is 9.84. The normalized spacial score (nSPS) is 10.5. The van der Waals surface area contributed by atoms with Crippen molar-refractivity contribution in [3.63, 3.8) is 0 Å². The van der Waals surface area contributed by atoms with Gasteiger partial charge in [0, 0.05) is 5.56 Å². The zero-order valence-electron chi connectivity index (χ0n) is 8.37. The van der Waals surface area contributed by atoms with Crippen LogP contribution in [0.4, 0.5) is 0 Å². The lowest BCUT2D eigenvalue weighted by Crippen LogP contribution is -2.07. The van der Waals surface area contributed by atoms with Gasteiger partial charge in [-0.25, -0.2) is 0 Å². The minimum Gasteiger partial charge on any atom is -0.491 e. The first-order valence-electron chi connectivity index (χ1n) is 4.50. The van der Waals surface area contributed by atoms with E-state index in [1.165, 1.54) is 0 Å². The van der Waals surface area contributed by atoms with Crippen molar-refractivity contribution in [1.29, 1.82) is 0 Å². The van der Waals surface area contributed by atoms with Gasteiger partial charge >= 0.3 is 0 Å². The predicted octanol–water partition coefficient (Wildman–Crippen LogP) is 2.27. The van der Waals surface area contributed by atoms with Gasteiger partial charge in [0.15, 0.2) is 0 Å². The van der Waals surface area contributed by atoms with Gasteiger partial charge in [-0.05, 0) is 26.8 Å². The van der Waals surface area contributed by atoms with E-state index < -0.39 is 0 Å². The lowest BCUT2D eigenvalue weighted by molar-refractivity contribution is 0.225. The number of benzene rings is 1. The molecule has 0 unspecified atom stereocenters. The molecule has 13 heavy (non-hydrogen) atoms. The van der Waals surface area contributed by atoms with Crippen LogP contribution >= 0.6 is 0 Å². The van der Waals surface area contributed by atoms with E-state index in [0.717, 1.165) is 16.9 Å². The molecule has 0 saturated heterocycles. The Hall–Kier alpha value is -1.02. The van der Waals surface area contributed by atoms with Crippen LogP contribution in [-0.2, 0) is 6.61 Å². The molecular formula is C11H16O2. The molecule has 0 amide bonds. The third-order valence-electron chi connectivity index (χ3n) is 1.75. The highest BCUT2D eigenvalue weighted by molar-refractivity contribution is 5.36. The Morgan fingerprint density at radius 3 is 2.62 bits per heavy atom. The van der Waals surface area contributed by atoms with Crippen molar-refractivity contribution >= 4 is 0 Å². The number of hydrogen-bond acceptors (Lipinski definition) is 2. The van der Waals surface area contributed by atoms with Crippen LogP contribution in [0, 0.1) is 6.92 Å². The summed E-state index contributed by atoms with van der Waals surface area (Å²) in [5.74, 6) is 0.781. The monoisotopic (exact) mass is 180 g/mol. The summed E-state index contributed by atoms with van der Waals surface area (Å²) in [7, 11) is 0. The molecule has 1 rings (SSSR count). The summed E-state index contributed by atoms with van der Waals surface area (Å²) in [5.41, 5.74) is 1.99. The van der Waals surface area contributed by atoms with Gasteiger partial charge in [0.05, 0.1) is 12.7 Å². The molecule has 72 valence electrons. The highest BCUT2D eigenvalue weighted by atomic mass is 16.5. The van der Waals surface area contributed by atoms with E-state index in [0.29, 0.717) is 0 Å². The molecule has 0 bridgehead atoms. The maximum atomic E-state index is 9.08. The van der Waals surface area contributed by atoms with Crippen LogP contribution in [-0.4, -0.2) is 11.2 Å². The van der Waals surface area contributed by atoms with E-state index >= 15 is 0 Å². The summed E-state index contributed by atoms with van der Waals surface area (Å²) >= 11 is 0. The fraction of sp³-hybridized carbons (Fsp3) is 0.455. The van der Waals surface area contributed by atoms with Gasteiger partial charge in [0.25, 0.3) is 0 Å². The van der Waals surface area contributed by atoms with E-state index in [9.17, 15) is 0 Å². The second-order valence-corrected chi connectivity index (χ2v) is 3.44. The van der Waals surface area contributed by atoms with Crippen LogP contribution in [0.15, 0.2) is 18.2 Å². The molecule has 0 atom stereocenters. The van der Waals surface area contributed by atoms with Crippen LogP contribution in [0.3, 0.4) is 0 Å². The van der Waals surface area contributed by atoms with Gasteiger partial charge in [-0.1, -0.05) is 17.7 Å². The van der Waals surface area contributed by atoms with Crippen molar-refractivity contribution in [2.24, 2.45) is 0 Å². The summed E-state index contributed by atoms with van der Waals surface area (Å²) in [6.07, 6.45) is 0.146. The van der Waals surface area contributed by atoms with E-state index in [1.807, 2.05) is 39.0 Å². The molecule has 0 heterocycles. The van der Waals surface area contributed by atoms with Crippen LogP contribution in [0.2, 0.25) is 0 Å². The van der Waals surface area contributed by atoms with Gasteiger partial charge in [0.1, 0.15) is 5.75 Å². The minimum absolute atomic E-state index is 0.0315. The smallest absolute Gasteiger partial charge is 0.125 e. The lowest BCUT2D eigenvalue weighted by Gasteiger charge is -2.13. The standard InChI is InChI=1S/C11H16O2/c1-8(2)13-11-5-4-9(3)6-10(11)7-12/h4-6,8,12H,7H2,1-3H3. The number of rotatable bonds is 3. The molecular weight excluding hydrogens is 164 g/mol. The second-order valence-electron chi connectivity index (χ2n) is 3.44. The second kappa shape index (κ2) is 4.28. The predicted molar refractivity (Wildman–Crippen MR) is 52.9 cm³/mol. The molecule has 2 heteroatoms. The molecule has 0 radical (unpaired) electrons. The Morgan fingerprint density at radius 1 is 1.38 bits per heavy atom. The molecule has 1 aromatic rings. The molecule has 0 aliphatic heterocycles. The molecule has 0 spiro atoms. The quantitative estimate of drug-likeness (QED) is 0.773. The molecule has 0 saturated carbocycles. The first-order chi connectivity index (χ1) is 6.13. The largest absolute Gasteiger partial charge is 0.491 e. The average Bonchev–Trinajstić information content (AvgIpc) is 2.07. The summed E-state index contributed by atoms with van der Waals surface area (Å²) in [6, 6.07) is 5.83. The minimum atomic E-state index is 0.0315. The fourth-order valence-electron chi connectivity index (χ4n) is 1.20. The topological polar surface area (TPSA) is 29.5 Å². The van der Waals surface area contributed by atoms with Crippen LogP contribution in [0.25, 0.3) is 0 Å². The van der Waals surface area contributed by atoms with Crippen molar-refractivity contribution in [1.82, 2.24) is 0 Å². The first-order valence-corrected chi connectivity index (χ1v) is 4.50. The molecule has 2 nitrogen and oxygen atoms in total. The summed E-state index contributed by atoms with van der Waals surface area (Å²) in [4.78, 5) is 0. The number of aryl methyl sites for hydroxylation is 1. The summed E-state index contributed by atoms with van der Waals surface area (Å²) in [6.45, 7) is 5.98. The van der Waals surface area contributed by atoms with Gasteiger partial charge in [-0.2, -0.15) is 0 Å². The van der Waals surface area contributed by atoms with Gasteiger partial charge < -0.3 is 9.84 Å². The number of aliphatic hydroxyl groups is 1. The Bertz CT molecular complexity index is 279. The lowest BCUT2D eigenvalue weighted by atomic mass is 10.1. The Morgan fingerprint density at radius 2 is 2.08 bits per heavy atom. The van der Waals surface area contributed by atoms with Crippen LogP contribution < -0.4 is 4.74 Å². The molecule has 0 aliphatic carbocycles. The van der Waals surface area contributed by atoms with Crippen molar-refractivity contribution in [2.75, 3.05) is 0 Å². The number of ether oxygens (including phenoxy) is 1. The SMILES string of the molecule is Cc1ccc(OC(C)C)c(CO)c1. The maximum absolute atomic E-state index is 9.08. The summed E-state index contributed by atoms with van der Waals surface area (Å²) in [5, 5.41) is 9.08. The summed E-state index contributed by atoms with van der Waals surface area (Å²) < 4.78 is 5.53. The van der Waals surface area contributed by atoms with E-state index in [-0.39, 0.29) is 12.7 Å². The Balaban J connectivity index is 2.92. The Labute approximate surface area is 79.2 Å². The Kier molecular flexibility index (Phi) is 3.32. The van der Waals surface area contributed by atoms with E-state index in [2.05, 4.69) is 0 Å². The van der Waals surface area contributed by atoms with Crippen molar-refractivity contribution in [3.05, 3.63) is 29.3 Å². The number of hydrogen-bond donors (Lipinski definition) is 1. The van der Waals surface area contributed by atoms with Gasteiger partial charge in [0.2, 0.25) is 0 Å². The van der Waals surface area contributed by atoms with Gasteiger partial charge in [-0.3, -0.25) is 0 Å². The van der Waals surface area contributed by atoms with E-state index in [4.69, 9.17) is 9.84 Å². The van der Waals surface area contributed by atoms with E-state index in [1.54, 1.807) is 0 Å². The first kappa shape index (κ1) is 10.1. The highest BCUT2D eigenvalue weighted by Gasteiger charge is 2.04. The maximum Gasteiger partial charge on any atom is 0.125 e. The fourth-order valence-corrected chi connectivity index (χ4v) is 1.20. The average molecular weight is 180 g/mol. The zero-order valence-corrected chi connectivity index (χ0v) is 8.37. The van der Waals surface area contributed by atoms with Gasteiger partial charge in [-0.15, -0.1) is 0 Å². The molecule has 1 aromatic carbocycles. The molecule has 0 aromatic heterocycles. The van der Waals surface area contributed by atoms with Crippen LogP contribution in [0.5, 0.6) is 5.75 Å².